The molecule has 0 heterocycles. The summed E-state index contributed by atoms with van der Waals surface area (Å²) in [5, 5.41) is 0. The summed E-state index contributed by atoms with van der Waals surface area (Å²) in [7, 11) is 0. The van der Waals surface area contributed by atoms with E-state index in [2.05, 4.69) is 65.8 Å². The van der Waals surface area contributed by atoms with Crippen LogP contribution in [0.3, 0.4) is 0 Å². The van der Waals surface area contributed by atoms with E-state index in [-0.39, 0.29) is 0 Å². The van der Waals surface area contributed by atoms with E-state index in [1.165, 1.54) is 68.9 Å². The first kappa shape index (κ1) is 45.4. The molecule has 2 saturated carbocycles. The van der Waals surface area contributed by atoms with Gasteiger partial charge in [-0.3, -0.25) is 0 Å². The Morgan fingerprint density at radius 2 is 0.675 bits per heavy atom. The minimum absolute atomic E-state index is 1.02. The zero-order chi connectivity index (χ0) is 31.6. The van der Waals surface area contributed by atoms with Crippen molar-refractivity contribution in [2.45, 2.75) is 161 Å². The van der Waals surface area contributed by atoms with Crippen LogP contribution >= 0.6 is 0 Å². The molecule has 0 N–H and O–H groups in total. The highest BCUT2D eigenvalue weighted by Crippen LogP contribution is 2.37. The number of hydrogen-bond donors (Lipinski definition) is 0. The van der Waals surface area contributed by atoms with Gasteiger partial charge in [0.25, 0.3) is 0 Å². The average molecular weight is 557 g/mol. The predicted molar refractivity (Wildman–Crippen MR) is 191 cm³/mol. The Bertz CT molecular complexity index is 571. The van der Waals surface area contributed by atoms with Crippen molar-refractivity contribution >= 4 is 0 Å². The first-order valence-electron chi connectivity index (χ1n) is 17.5. The van der Waals surface area contributed by atoms with Crippen molar-refractivity contribution < 1.29 is 0 Å². The molecule has 2 aromatic rings. The highest BCUT2D eigenvalue weighted by Gasteiger charge is 2.24. The summed E-state index contributed by atoms with van der Waals surface area (Å²) in [6.45, 7) is 29.3. The van der Waals surface area contributed by atoms with E-state index in [4.69, 9.17) is 0 Å². The molecule has 2 aliphatic rings. The van der Waals surface area contributed by atoms with Gasteiger partial charge in [-0.25, -0.2) is 0 Å². The monoisotopic (exact) mass is 557 g/mol. The van der Waals surface area contributed by atoms with Gasteiger partial charge in [0.05, 0.1) is 0 Å². The Kier molecular flexibility index (Phi) is 42.5. The molecule has 0 nitrogen and oxygen atoms in total. The lowest BCUT2D eigenvalue weighted by atomic mass is 9.74. The van der Waals surface area contributed by atoms with Gasteiger partial charge in [-0.2, -0.15) is 0 Å². The van der Waals surface area contributed by atoms with E-state index in [9.17, 15) is 0 Å². The van der Waals surface area contributed by atoms with Gasteiger partial charge in [0.1, 0.15) is 0 Å². The smallest absolute Gasteiger partial charge is 0.0398 e. The Hall–Kier alpha value is -1.56. The molecule has 0 radical (unpaired) electrons. The van der Waals surface area contributed by atoms with Crippen LogP contribution in [0, 0.1) is 37.5 Å². The second kappa shape index (κ2) is 37.4. The maximum Gasteiger partial charge on any atom is -0.0398 e. The molecule has 0 amide bonds. The largest absolute Gasteiger partial charge is 0.0683 e. The van der Waals surface area contributed by atoms with Gasteiger partial charge in [0, 0.05) is 0 Å². The molecule has 2 aliphatic carbocycles. The van der Waals surface area contributed by atoms with Crippen molar-refractivity contribution in [2.24, 2.45) is 23.7 Å². The summed E-state index contributed by atoms with van der Waals surface area (Å²) in [6.07, 6.45) is 15.0. The fourth-order valence-corrected chi connectivity index (χ4v) is 4.67. The maximum absolute atomic E-state index is 2.43. The van der Waals surface area contributed by atoms with Crippen LogP contribution in [0.25, 0.3) is 0 Å². The van der Waals surface area contributed by atoms with Crippen LogP contribution in [0.5, 0.6) is 0 Å². The topological polar surface area (TPSA) is 0 Å². The van der Waals surface area contributed by atoms with Crippen molar-refractivity contribution in [3.8, 4) is 0 Å². The van der Waals surface area contributed by atoms with Gasteiger partial charge in [0.2, 0.25) is 0 Å². The molecule has 0 spiro atoms. The summed E-state index contributed by atoms with van der Waals surface area (Å²) >= 11 is 0. The van der Waals surface area contributed by atoms with E-state index in [0.717, 1.165) is 23.7 Å². The van der Waals surface area contributed by atoms with E-state index in [1.807, 2.05) is 91.8 Å². The molecular weight excluding hydrogens is 480 g/mol. The summed E-state index contributed by atoms with van der Waals surface area (Å²) in [4.78, 5) is 0. The number of aryl methyl sites for hydroxylation is 2. The van der Waals surface area contributed by atoms with Gasteiger partial charge in [-0.1, -0.05) is 213 Å². The van der Waals surface area contributed by atoms with E-state index in [1.54, 1.807) is 6.42 Å². The molecule has 0 saturated heterocycles. The minimum atomic E-state index is 1.02. The molecule has 40 heavy (non-hydrogen) atoms. The van der Waals surface area contributed by atoms with E-state index in [0.29, 0.717) is 0 Å². The highest BCUT2D eigenvalue weighted by molar-refractivity contribution is 5.12. The van der Waals surface area contributed by atoms with E-state index < -0.39 is 0 Å². The third-order valence-electron chi connectivity index (χ3n) is 6.82. The molecule has 0 unspecified atom stereocenters. The number of hydrogen-bond acceptors (Lipinski definition) is 0. The summed E-state index contributed by atoms with van der Waals surface area (Å²) in [5.74, 6) is 4.24. The third-order valence-corrected chi connectivity index (χ3v) is 6.82. The van der Waals surface area contributed by atoms with Crippen LogP contribution in [-0.2, 0) is 0 Å². The maximum atomic E-state index is 2.43. The standard InChI is InChI=1S/C15H28.2C7H8.C3H8.4C2H6/c1-12-3-7-14(8-4-12)11-15-9-5-13(2)6-10-15;2*1-7-5-3-2-4-6-7;1-3-2;4*1-2/h12-15H,3-11H2,1-2H3;2*2-6H,1H3;3H2,1-2H3;4*1-2H3. The van der Waals surface area contributed by atoms with Crippen molar-refractivity contribution in [2.75, 3.05) is 0 Å². The third kappa shape index (κ3) is 31.0. The van der Waals surface area contributed by atoms with Crippen LogP contribution in [0.15, 0.2) is 60.7 Å². The molecule has 0 atom stereocenters. The molecule has 0 aromatic heterocycles. The lowest BCUT2D eigenvalue weighted by Crippen LogP contribution is -2.19. The molecule has 0 aliphatic heterocycles. The molecule has 2 fully saturated rings. The van der Waals surface area contributed by atoms with Crippen LogP contribution < -0.4 is 0 Å². The SMILES string of the molecule is CC.CC.CC.CC.CC1CCC(CC2CCC(C)CC2)CC1.CCC.Cc1ccccc1.Cc1ccccc1. The number of rotatable bonds is 2. The van der Waals surface area contributed by atoms with Crippen molar-refractivity contribution in [1.82, 2.24) is 0 Å². The molecule has 2 aromatic carbocycles. The summed E-state index contributed by atoms with van der Waals surface area (Å²) in [5.41, 5.74) is 2.64. The van der Waals surface area contributed by atoms with Gasteiger partial charge < -0.3 is 0 Å². The molecule has 236 valence electrons. The Balaban J connectivity index is -0.000000220. The predicted octanol–water partition coefficient (Wildman–Crippen LogP) is 14.5. The van der Waals surface area contributed by atoms with Gasteiger partial charge in [-0.05, 0) is 43.9 Å². The quantitative estimate of drug-likeness (QED) is 0.345. The van der Waals surface area contributed by atoms with Gasteiger partial charge >= 0.3 is 0 Å². The first-order valence-corrected chi connectivity index (χ1v) is 17.5. The zero-order valence-electron chi connectivity index (χ0n) is 30.2. The summed E-state index contributed by atoms with van der Waals surface area (Å²) in [6, 6.07) is 20.5. The van der Waals surface area contributed by atoms with Crippen molar-refractivity contribution in [3.63, 3.8) is 0 Å². The van der Waals surface area contributed by atoms with Crippen LogP contribution in [0.2, 0.25) is 0 Å². The van der Waals surface area contributed by atoms with Crippen LogP contribution in [-0.4, -0.2) is 0 Å². The zero-order valence-corrected chi connectivity index (χ0v) is 30.2. The Morgan fingerprint density at radius 3 is 0.850 bits per heavy atom. The highest BCUT2D eigenvalue weighted by atomic mass is 14.3. The van der Waals surface area contributed by atoms with Gasteiger partial charge in [-0.15, -0.1) is 0 Å². The normalized spacial score (nSPS) is 20.1. The van der Waals surface area contributed by atoms with E-state index >= 15 is 0 Å². The lowest BCUT2D eigenvalue weighted by Gasteiger charge is -2.32. The van der Waals surface area contributed by atoms with Crippen molar-refractivity contribution in [1.29, 1.82) is 0 Å². The second-order valence-corrected chi connectivity index (χ2v) is 10.5. The summed E-state index contributed by atoms with van der Waals surface area (Å²) < 4.78 is 0. The average Bonchev–Trinajstić information content (AvgIpc) is 3.01. The second-order valence-electron chi connectivity index (χ2n) is 10.5. The Labute approximate surface area is 256 Å². The lowest BCUT2D eigenvalue weighted by molar-refractivity contribution is 0.201. The fourth-order valence-electron chi connectivity index (χ4n) is 4.67. The van der Waals surface area contributed by atoms with Crippen molar-refractivity contribution in [3.05, 3.63) is 71.8 Å². The van der Waals surface area contributed by atoms with Crippen LogP contribution in [0.1, 0.15) is 158 Å². The molecule has 4 rings (SSSR count). The molecule has 0 bridgehead atoms. The Morgan fingerprint density at radius 1 is 0.450 bits per heavy atom. The van der Waals surface area contributed by atoms with Gasteiger partial charge in [0.15, 0.2) is 0 Å². The molecule has 0 heteroatoms. The number of benzene rings is 2. The van der Waals surface area contributed by atoms with Crippen LogP contribution in [0.4, 0.5) is 0 Å². The molecular formula is C40H76. The first-order chi connectivity index (χ1) is 19.4. The fraction of sp³-hybridized carbons (Fsp3) is 0.700. The minimum Gasteiger partial charge on any atom is -0.0683 e.